The zero-order valence-electron chi connectivity index (χ0n) is 22.7. The highest BCUT2D eigenvalue weighted by Gasteiger charge is 2.41. The minimum atomic E-state index is -4.95. The molecule has 0 radical (unpaired) electrons. The Bertz CT molecular complexity index is 1310. The molecule has 2 aliphatic carbocycles. The average Bonchev–Trinajstić information content (AvgIpc) is 3.54. The van der Waals surface area contributed by atoms with Gasteiger partial charge in [-0.3, -0.25) is 4.79 Å². The largest absolute Gasteiger partial charge is 0.573 e. The number of nitrogens with one attached hydrogen (secondary N) is 1. The lowest BCUT2D eigenvalue weighted by molar-refractivity contribution is -0.275. The molecule has 1 amide bonds. The molecular weight excluding hydrogens is 560 g/mol. The van der Waals surface area contributed by atoms with Gasteiger partial charge in [0.15, 0.2) is 0 Å². The van der Waals surface area contributed by atoms with Gasteiger partial charge in [0.2, 0.25) is 5.91 Å². The van der Waals surface area contributed by atoms with Crippen molar-refractivity contribution in [3.8, 4) is 11.5 Å². The predicted octanol–water partition coefficient (Wildman–Crippen LogP) is 7.96. The van der Waals surface area contributed by atoms with E-state index in [4.69, 9.17) is 0 Å². The standard InChI is InChI=1S/C32H31F6NO3/c33-31(34,35)41-27-10-4-8-25(17-27)30(19-21-6-2-1-3-7-21,26-9-5-11-28(18-26)42-32(36,37)38)20-39-29(40)16-24-15-22-12-13-23(24)14-22/h1-11,17-18,22-24H,12-16,19-20H2,(H,39,40)/t22-,23+,24-/m0/s1. The van der Waals surface area contributed by atoms with Gasteiger partial charge in [0.25, 0.3) is 0 Å². The molecule has 42 heavy (non-hydrogen) atoms. The van der Waals surface area contributed by atoms with Gasteiger partial charge in [-0.15, -0.1) is 26.3 Å². The number of ether oxygens (including phenoxy) is 2. The molecule has 2 bridgehead atoms. The van der Waals surface area contributed by atoms with Gasteiger partial charge in [0.1, 0.15) is 11.5 Å². The average molecular weight is 592 g/mol. The van der Waals surface area contributed by atoms with Crippen molar-refractivity contribution in [3.63, 3.8) is 0 Å². The van der Waals surface area contributed by atoms with Crippen molar-refractivity contribution in [1.29, 1.82) is 0 Å². The lowest BCUT2D eigenvalue weighted by Gasteiger charge is -2.36. The molecule has 10 heteroatoms. The lowest BCUT2D eigenvalue weighted by atomic mass is 9.70. The van der Waals surface area contributed by atoms with Crippen molar-refractivity contribution < 1.29 is 40.6 Å². The number of hydrogen-bond donors (Lipinski definition) is 1. The summed E-state index contributed by atoms with van der Waals surface area (Å²) in [4.78, 5) is 13.3. The van der Waals surface area contributed by atoms with E-state index in [1.807, 2.05) is 12.1 Å². The second kappa shape index (κ2) is 11.9. The van der Waals surface area contributed by atoms with E-state index >= 15 is 0 Å². The SMILES string of the molecule is O=C(C[C@@H]1C[C@H]2CC[C@@H]1C2)NCC(Cc1ccccc1)(c1cccc(OC(F)(F)F)c1)c1cccc(OC(F)(F)F)c1. The van der Waals surface area contributed by atoms with Gasteiger partial charge in [0.05, 0.1) is 0 Å². The van der Waals surface area contributed by atoms with Crippen molar-refractivity contribution in [2.45, 2.75) is 56.7 Å². The molecule has 3 atom stereocenters. The number of hydrogen-bond acceptors (Lipinski definition) is 3. The third kappa shape index (κ3) is 7.38. The summed E-state index contributed by atoms with van der Waals surface area (Å²) in [6.07, 6.45) is -4.97. The van der Waals surface area contributed by atoms with Crippen LogP contribution in [-0.4, -0.2) is 25.2 Å². The molecule has 4 nitrogen and oxygen atoms in total. The summed E-state index contributed by atoms with van der Waals surface area (Å²) in [7, 11) is 0. The van der Waals surface area contributed by atoms with E-state index in [1.54, 1.807) is 30.3 Å². The fourth-order valence-corrected chi connectivity index (χ4v) is 6.75. The van der Waals surface area contributed by atoms with Crippen molar-refractivity contribution in [1.82, 2.24) is 5.32 Å². The van der Waals surface area contributed by atoms with Crippen LogP contribution in [0, 0.1) is 17.8 Å². The van der Waals surface area contributed by atoms with Gasteiger partial charge in [-0.2, -0.15) is 0 Å². The first-order chi connectivity index (χ1) is 19.9. The van der Waals surface area contributed by atoms with Crippen LogP contribution in [0.25, 0.3) is 0 Å². The van der Waals surface area contributed by atoms with Crippen molar-refractivity contribution in [2.24, 2.45) is 17.8 Å². The first-order valence-corrected chi connectivity index (χ1v) is 13.9. The molecule has 0 saturated heterocycles. The maximum atomic E-state index is 13.3. The van der Waals surface area contributed by atoms with Gasteiger partial charge >= 0.3 is 12.7 Å². The number of alkyl halides is 6. The van der Waals surface area contributed by atoms with Gasteiger partial charge < -0.3 is 14.8 Å². The van der Waals surface area contributed by atoms with Gasteiger partial charge in [-0.05, 0) is 84.4 Å². The Morgan fingerprint density at radius 3 is 1.86 bits per heavy atom. The van der Waals surface area contributed by atoms with E-state index < -0.39 is 29.6 Å². The monoisotopic (exact) mass is 591 g/mol. The molecule has 5 rings (SSSR count). The van der Waals surface area contributed by atoms with Crippen molar-refractivity contribution >= 4 is 5.91 Å². The molecule has 2 aliphatic rings. The smallest absolute Gasteiger partial charge is 0.406 e. The molecule has 0 spiro atoms. The van der Waals surface area contributed by atoms with Crippen molar-refractivity contribution in [3.05, 3.63) is 95.6 Å². The number of fused-ring (bicyclic) bond motifs is 2. The molecule has 2 fully saturated rings. The molecule has 0 heterocycles. The summed E-state index contributed by atoms with van der Waals surface area (Å²) >= 11 is 0. The Hall–Kier alpha value is -3.69. The molecule has 1 N–H and O–H groups in total. The maximum Gasteiger partial charge on any atom is 0.573 e. The topological polar surface area (TPSA) is 47.6 Å². The minimum absolute atomic E-state index is 0.0769. The lowest BCUT2D eigenvalue weighted by Crippen LogP contribution is -2.44. The van der Waals surface area contributed by atoms with E-state index in [9.17, 15) is 31.1 Å². The first kappa shape index (κ1) is 29.8. The second-order valence-corrected chi connectivity index (χ2v) is 11.3. The highest BCUT2D eigenvalue weighted by molar-refractivity contribution is 5.76. The Labute approximate surface area is 240 Å². The van der Waals surface area contributed by atoms with E-state index in [1.165, 1.54) is 30.7 Å². The van der Waals surface area contributed by atoms with Crippen LogP contribution in [0.3, 0.4) is 0 Å². The van der Waals surface area contributed by atoms with Crippen LogP contribution in [0.4, 0.5) is 26.3 Å². The van der Waals surface area contributed by atoms with Crippen LogP contribution in [0.2, 0.25) is 0 Å². The highest BCUT2D eigenvalue weighted by atomic mass is 19.4. The molecule has 0 aromatic heterocycles. The quantitative estimate of drug-likeness (QED) is 0.244. The van der Waals surface area contributed by atoms with E-state index in [-0.39, 0.29) is 24.8 Å². The Balaban J connectivity index is 1.55. The summed E-state index contributed by atoms with van der Waals surface area (Å²) in [6.45, 7) is -0.0769. The molecule has 3 aromatic carbocycles. The number of carbonyl (C=O) groups is 1. The molecule has 3 aromatic rings. The maximum absolute atomic E-state index is 13.3. The van der Waals surface area contributed by atoms with Crippen LogP contribution < -0.4 is 14.8 Å². The number of rotatable bonds is 10. The molecule has 0 unspecified atom stereocenters. The number of amides is 1. The summed E-state index contributed by atoms with van der Waals surface area (Å²) in [5, 5.41) is 3.00. The van der Waals surface area contributed by atoms with Crippen LogP contribution in [0.1, 0.15) is 48.8 Å². The van der Waals surface area contributed by atoms with E-state index in [2.05, 4.69) is 14.8 Å². The molecule has 2 saturated carbocycles. The summed E-state index contributed by atoms with van der Waals surface area (Å²) in [5.41, 5.74) is 0.154. The third-order valence-electron chi connectivity index (χ3n) is 8.51. The molecule has 224 valence electrons. The van der Waals surface area contributed by atoms with Crippen LogP contribution >= 0.6 is 0 Å². The summed E-state index contributed by atoms with van der Waals surface area (Å²) in [5.74, 6) is 0.288. The Morgan fingerprint density at radius 1 is 0.762 bits per heavy atom. The fraction of sp³-hybridized carbons (Fsp3) is 0.406. The fourth-order valence-electron chi connectivity index (χ4n) is 6.75. The third-order valence-corrected chi connectivity index (χ3v) is 8.51. The number of halogens is 6. The Morgan fingerprint density at radius 2 is 1.36 bits per heavy atom. The van der Waals surface area contributed by atoms with Crippen LogP contribution in [0.15, 0.2) is 78.9 Å². The molecular formula is C32H31F6NO3. The molecule has 0 aliphatic heterocycles. The van der Waals surface area contributed by atoms with Gasteiger partial charge in [-0.25, -0.2) is 0 Å². The van der Waals surface area contributed by atoms with Crippen LogP contribution in [-0.2, 0) is 16.6 Å². The Kier molecular flexibility index (Phi) is 8.44. The van der Waals surface area contributed by atoms with Gasteiger partial charge in [0, 0.05) is 18.4 Å². The highest BCUT2D eigenvalue weighted by Crippen LogP contribution is 2.49. The minimum Gasteiger partial charge on any atom is -0.406 e. The number of carbonyl (C=O) groups excluding carboxylic acids is 1. The zero-order chi connectivity index (χ0) is 30.0. The first-order valence-electron chi connectivity index (χ1n) is 13.9. The summed E-state index contributed by atoms with van der Waals surface area (Å²) < 4.78 is 87.3. The normalized spacial score (nSPS) is 20.4. The predicted molar refractivity (Wildman–Crippen MR) is 144 cm³/mol. The van der Waals surface area contributed by atoms with E-state index in [0.717, 1.165) is 37.0 Å². The number of benzene rings is 3. The zero-order valence-corrected chi connectivity index (χ0v) is 22.7. The van der Waals surface area contributed by atoms with Crippen LogP contribution in [0.5, 0.6) is 11.5 Å². The van der Waals surface area contributed by atoms with Crippen molar-refractivity contribution in [2.75, 3.05) is 6.54 Å². The van der Waals surface area contributed by atoms with E-state index in [0.29, 0.717) is 29.4 Å². The summed E-state index contributed by atoms with van der Waals surface area (Å²) in [6, 6.07) is 19.7. The second-order valence-electron chi connectivity index (χ2n) is 11.3. The van der Waals surface area contributed by atoms with Gasteiger partial charge in [-0.1, -0.05) is 61.0 Å².